The van der Waals surface area contributed by atoms with E-state index in [2.05, 4.69) is 0 Å². The van der Waals surface area contributed by atoms with E-state index in [4.69, 9.17) is 0 Å². The van der Waals surface area contributed by atoms with Crippen molar-refractivity contribution in [3.63, 3.8) is 0 Å². The Morgan fingerprint density at radius 2 is 1.42 bits per heavy atom. The monoisotopic (exact) mass is 170 g/mol. The quantitative estimate of drug-likeness (QED) is 0.605. The Balaban J connectivity index is 3.18. The Labute approximate surface area is 71.2 Å². The van der Waals surface area contributed by atoms with E-state index in [1.807, 2.05) is 19.9 Å². The molecule has 0 fully saturated rings. The van der Waals surface area contributed by atoms with Crippen molar-refractivity contribution in [2.24, 2.45) is 0 Å². The number of halogens is 2. The maximum absolute atomic E-state index is 12.8. The van der Waals surface area contributed by atoms with Crippen molar-refractivity contribution in [3.05, 3.63) is 34.9 Å². The van der Waals surface area contributed by atoms with Gasteiger partial charge in [0.25, 0.3) is 5.92 Å². The van der Waals surface area contributed by atoms with E-state index in [-0.39, 0.29) is 5.56 Å². The zero-order valence-corrected chi connectivity index (χ0v) is 7.49. The molecule has 0 spiro atoms. The van der Waals surface area contributed by atoms with E-state index >= 15 is 0 Å². The van der Waals surface area contributed by atoms with Crippen LogP contribution in [0.2, 0.25) is 0 Å². The molecular formula is C10H12F2. The highest BCUT2D eigenvalue weighted by molar-refractivity contribution is 5.30. The van der Waals surface area contributed by atoms with Crippen molar-refractivity contribution >= 4 is 0 Å². The van der Waals surface area contributed by atoms with Gasteiger partial charge in [-0.25, -0.2) is 8.78 Å². The van der Waals surface area contributed by atoms with Crippen LogP contribution in [0.3, 0.4) is 0 Å². The molecule has 0 unspecified atom stereocenters. The number of benzene rings is 1. The van der Waals surface area contributed by atoms with Gasteiger partial charge in [-0.2, -0.15) is 0 Å². The van der Waals surface area contributed by atoms with E-state index in [1.54, 1.807) is 0 Å². The predicted molar refractivity (Wildman–Crippen MR) is 45.5 cm³/mol. The standard InChI is InChI=1S/C10H12F2/c1-7-4-8(2)6-9(5-7)10(3,11)12/h4-6H,1-3H3. The van der Waals surface area contributed by atoms with Gasteiger partial charge in [-0.05, 0) is 13.8 Å². The summed E-state index contributed by atoms with van der Waals surface area (Å²) in [4.78, 5) is 0. The second kappa shape index (κ2) is 2.85. The van der Waals surface area contributed by atoms with Gasteiger partial charge in [-0.15, -0.1) is 0 Å². The lowest BCUT2D eigenvalue weighted by Gasteiger charge is -2.11. The van der Waals surface area contributed by atoms with E-state index in [9.17, 15) is 8.78 Å². The average molecular weight is 170 g/mol. The van der Waals surface area contributed by atoms with Gasteiger partial charge >= 0.3 is 0 Å². The number of hydrogen-bond acceptors (Lipinski definition) is 0. The van der Waals surface area contributed by atoms with E-state index in [0.717, 1.165) is 18.1 Å². The Kier molecular flexibility index (Phi) is 2.18. The highest BCUT2D eigenvalue weighted by Crippen LogP contribution is 2.28. The molecule has 0 nitrogen and oxygen atoms in total. The van der Waals surface area contributed by atoms with Crippen molar-refractivity contribution < 1.29 is 8.78 Å². The second-order valence-electron chi connectivity index (χ2n) is 3.26. The minimum absolute atomic E-state index is 0.0972. The van der Waals surface area contributed by atoms with Crippen LogP contribution in [0.4, 0.5) is 8.78 Å². The maximum Gasteiger partial charge on any atom is 0.270 e. The minimum atomic E-state index is -2.73. The molecule has 0 atom stereocenters. The molecule has 0 saturated heterocycles. The van der Waals surface area contributed by atoms with Crippen LogP contribution >= 0.6 is 0 Å². The maximum atomic E-state index is 12.8. The lowest BCUT2D eigenvalue weighted by atomic mass is 10.0. The van der Waals surface area contributed by atoms with E-state index in [0.29, 0.717) is 0 Å². The second-order valence-corrected chi connectivity index (χ2v) is 3.26. The topological polar surface area (TPSA) is 0 Å². The third-order valence-electron chi connectivity index (χ3n) is 1.73. The molecule has 0 aromatic heterocycles. The summed E-state index contributed by atoms with van der Waals surface area (Å²) in [6.45, 7) is 4.56. The van der Waals surface area contributed by atoms with Crippen molar-refractivity contribution in [1.29, 1.82) is 0 Å². The van der Waals surface area contributed by atoms with Crippen molar-refractivity contribution in [1.82, 2.24) is 0 Å². The summed E-state index contributed by atoms with van der Waals surface area (Å²) >= 11 is 0. The van der Waals surface area contributed by atoms with Gasteiger partial charge in [-0.3, -0.25) is 0 Å². The van der Waals surface area contributed by atoms with Crippen molar-refractivity contribution in [2.45, 2.75) is 26.7 Å². The fourth-order valence-electron chi connectivity index (χ4n) is 1.23. The van der Waals surface area contributed by atoms with Gasteiger partial charge < -0.3 is 0 Å². The first-order valence-corrected chi connectivity index (χ1v) is 3.86. The molecular weight excluding hydrogens is 158 g/mol. The third kappa shape index (κ3) is 2.03. The largest absolute Gasteiger partial charge is 0.270 e. The summed E-state index contributed by atoms with van der Waals surface area (Å²) in [6.07, 6.45) is 0. The number of aryl methyl sites for hydroxylation is 2. The Hall–Kier alpha value is -0.920. The zero-order valence-electron chi connectivity index (χ0n) is 7.49. The van der Waals surface area contributed by atoms with Crippen LogP contribution < -0.4 is 0 Å². The number of hydrogen-bond donors (Lipinski definition) is 0. The molecule has 0 bridgehead atoms. The molecule has 66 valence electrons. The van der Waals surface area contributed by atoms with E-state index in [1.165, 1.54) is 12.1 Å². The van der Waals surface area contributed by atoms with Gasteiger partial charge in [0.2, 0.25) is 0 Å². The molecule has 0 aliphatic carbocycles. The van der Waals surface area contributed by atoms with Crippen LogP contribution in [-0.2, 0) is 5.92 Å². The summed E-state index contributed by atoms with van der Waals surface area (Å²) in [7, 11) is 0. The third-order valence-corrected chi connectivity index (χ3v) is 1.73. The van der Waals surface area contributed by atoms with Gasteiger partial charge in [0.05, 0.1) is 0 Å². The van der Waals surface area contributed by atoms with Gasteiger partial charge in [-0.1, -0.05) is 29.3 Å². The molecule has 1 aromatic carbocycles. The fourth-order valence-corrected chi connectivity index (χ4v) is 1.23. The molecule has 1 rings (SSSR count). The average Bonchev–Trinajstić information content (AvgIpc) is 1.82. The Morgan fingerprint density at radius 3 is 1.75 bits per heavy atom. The van der Waals surface area contributed by atoms with Gasteiger partial charge in [0.15, 0.2) is 0 Å². The first-order valence-electron chi connectivity index (χ1n) is 3.86. The molecule has 1 aromatic rings. The Morgan fingerprint density at radius 1 is 1.00 bits per heavy atom. The van der Waals surface area contributed by atoms with Gasteiger partial charge in [0.1, 0.15) is 0 Å². The van der Waals surface area contributed by atoms with E-state index < -0.39 is 5.92 Å². The van der Waals surface area contributed by atoms with Crippen molar-refractivity contribution in [2.75, 3.05) is 0 Å². The predicted octanol–water partition coefficient (Wildman–Crippen LogP) is 3.42. The molecule has 0 aliphatic heterocycles. The van der Waals surface area contributed by atoms with Crippen LogP contribution in [0, 0.1) is 13.8 Å². The summed E-state index contributed by atoms with van der Waals surface area (Å²) in [5.41, 5.74) is 1.86. The molecule has 0 saturated carbocycles. The highest BCUT2D eigenvalue weighted by atomic mass is 19.3. The smallest absolute Gasteiger partial charge is 0.202 e. The lowest BCUT2D eigenvalue weighted by Crippen LogP contribution is -2.07. The summed E-state index contributed by atoms with van der Waals surface area (Å²) < 4.78 is 25.6. The van der Waals surface area contributed by atoms with Crippen molar-refractivity contribution in [3.8, 4) is 0 Å². The SMILES string of the molecule is Cc1cc(C)cc(C(C)(F)F)c1. The van der Waals surface area contributed by atoms with Gasteiger partial charge in [0, 0.05) is 12.5 Å². The number of alkyl halides is 2. The molecule has 0 amide bonds. The highest BCUT2D eigenvalue weighted by Gasteiger charge is 2.24. The summed E-state index contributed by atoms with van der Waals surface area (Å²) in [5, 5.41) is 0. The molecule has 2 heteroatoms. The van der Waals surface area contributed by atoms with Crippen LogP contribution in [0.15, 0.2) is 18.2 Å². The molecule has 0 heterocycles. The van der Waals surface area contributed by atoms with Crippen LogP contribution in [0.25, 0.3) is 0 Å². The molecule has 0 radical (unpaired) electrons. The first-order chi connectivity index (χ1) is 5.39. The van der Waals surface area contributed by atoms with Crippen LogP contribution in [-0.4, -0.2) is 0 Å². The lowest BCUT2D eigenvalue weighted by molar-refractivity contribution is 0.0173. The minimum Gasteiger partial charge on any atom is -0.202 e. The zero-order chi connectivity index (χ0) is 9.35. The fraction of sp³-hybridized carbons (Fsp3) is 0.400. The Bertz CT molecular complexity index is 264. The summed E-state index contributed by atoms with van der Waals surface area (Å²) in [6, 6.07) is 4.93. The normalized spacial score (nSPS) is 11.8. The first kappa shape index (κ1) is 9.17. The summed E-state index contributed by atoms with van der Waals surface area (Å²) in [5.74, 6) is -2.73. The van der Waals surface area contributed by atoms with Crippen LogP contribution in [0.5, 0.6) is 0 Å². The number of rotatable bonds is 1. The van der Waals surface area contributed by atoms with Crippen LogP contribution in [0.1, 0.15) is 23.6 Å². The molecule has 0 aliphatic rings. The molecule has 0 N–H and O–H groups in total. The molecule has 12 heavy (non-hydrogen) atoms.